The molecule has 0 fully saturated rings. The monoisotopic (exact) mass is 350 g/mol. The number of hydrogen-bond donors (Lipinski definition) is 2. The fourth-order valence-corrected chi connectivity index (χ4v) is 3.31. The van der Waals surface area contributed by atoms with Gasteiger partial charge in [0.25, 0.3) is 0 Å². The van der Waals surface area contributed by atoms with Crippen LogP contribution in [-0.2, 0) is 4.79 Å². The van der Waals surface area contributed by atoms with Crippen LogP contribution in [0.5, 0.6) is 0 Å². The van der Waals surface area contributed by atoms with E-state index in [1.807, 2.05) is 20.8 Å². The molecule has 1 heterocycles. The lowest BCUT2D eigenvalue weighted by Gasteiger charge is -2.10. The second-order valence-corrected chi connectivity index (χ2v) is 6.99. The first-order valence-electron chi connectivity index (χ1n) is 7.31. The summed E-state index contributed by atoms with van der Waals surface area (Å²) in [5.41, 5.74) is 7.68. The van der Waals surface area contributed by atoms with Crippen LogP contribution in [0.2, 0.25) is 5.02 Å². The van der Waals surface area contributed by atoms with E-state index in [0.717, 1.165) is 10.4 Å². The van der Waals surface area contributed by atoms with Crippen molar-refractivity contribution >= 4 is 39.6 Å². The number of rotatable bonds is 5. The highest BCUT2D eigenvalue weighted by Gasteiger charge is 2.23. The Bertz CT molecular complexity index is 738. The Kier molecular flexibility index (Phi) is 5.57. The third kappa shape index (κ3) is 3.80. The van der Waals surface area contributed by atoms with E-state index in [4.69, 9.17) is 17.3 Å². The molecule has 1 aromatic heterocycles. The Balaban J connectivity index is 2.39. The fourth-order valence-electron chi connectivity index (χ4n) is 2.12. The van der Waals surface area contributed by atoms with Gasteiger partial charge in [-0.2, -0.15) is 0 Å². The highest BCUT2D eigenvalue weighted by atomic mass is 35.5. The lowest BCUT2D eigenvalue weighted by molar-refractivity contribution is -0.117. The third-order valence-corrected chi connectivity index (χ3v) is 5.11. The van der Waals surface area contributed by atoms with Crippen LogP contribution in [0.15, 0.2) is 24.3 Å². The Morgan fingerprint density at radius 3 is 2.43 bits per heavy atom. The lowest BCUT2D eigenvalue weighted by Crippen LogP contribution is -2.34. The molecule has 0 saturated heterocycles. The van der Waals surface area contributed by atoms with Crippen LogP contribution in [0.3, 0.4) is 0 Å². The summed E-state index contributed by atoms with van der Waals surface area (Å²) < 4.78 is 0. The van der Waals surface area contributed by atoms with Gasteiger partial charge >= 0.3 is 0 Å². The number of carbonyl (C=O) groups excluding carboxylic acids is 2. The van der Waals surface area contributed by atoms with Crippen LogP contribution in [0, 0.1) is 13.8 Å². The van der Waals surface area contributed by atoms with Crippen LogP contribution >= 0.6 is 22.9 Å². The van der Waals surface area contributed by atoms with E-state index in [0.29, 0.717) is 27.6 Å². The van der Waals surface area contributed by atoms with Crippen molar-refractivity contribution < 1.29 is 9.59 Å². The molecule has 0 aliphatic carbocycles. The number of nitrogens with two attached hydrogens (primary N) is 1. The molecule has 23 heavy (non-hydrogen) atoms. The quantitative estimate of drug-likeness (QED) is 0.802. The minimum Gasteiger partial charge on any atom is -0.320 e. The number of carbonyl (C=O) groups is 2. The van der Waals surface area contributed by atoms with Gasteiger partial charge in [0.05, 0.1) is 11.6 Å². The highest BCUT2D eigenvalue weighted by Crippen LogP contribution is 2.34. The maximum Gasteiger partial charge on any atom is 0.241 e. The molecule has 1 amide bonds. The van der Waals surface area contributed by atoms with Crippen molar-refractivity contribution in [2.45, 2.75) is 33.2 Å². The number of benzene rings is 1. The Morgan fingerprint density at radius 2 is 1.87 bits per heavy atom. The molecule has 0 aliphatic heterocycles. The summed E-state index contributed by atoms with van der Waals surface area (Å²) in [7, 11) is 0. The number of halogens is 1. The Hall–Kier alpha value is -1.69. The molecular formula is C17H19ClN2O2S. The van der Waals surface area contributed by atoms with E-state index in [1.165, 1.54) is 11.3 Å². The normalized spacial score (nSPS) is 12.0. The van der Waals surface area contributed by atoms with Gasteiger partial charge in [0.2, 0.25) is 5.91 Å². The van der Waals surface area contributed by atoms with Gasteiger partial charge in [0.1, 0.15) is 5.00 Å². The number of aryl methyl sites for hydroxylation is 1. The first kappa shape index (κ1) is 17.7. The molecular weight excluding hydrogens is 332 g/mol. The standard InChI is InChI=1S/C17H19ClN2O2S/c1-4-13(19)16(22)20-17-14(9(2)10(3)23-17)15(21)11-5-7-12(18)8-6-11/h5-8,13H,4,19H2,1-3H3,(H,20,22)/t13-/m0/s1. The average molecular weight is 351 g/mol. The molecule has 6 heteroatoms. The molecule has 0 radical (unpaired) electrons. The predicted molar refractivity (Wildman–Crippen MR) is 95.6 cm³/mol. The van der Waals surface area contributed by atoms with Gasteiger partial charge in [0.15, 0.2) is 5.78 Å². The number of amides is 1. The zero-order chi connectivity index (χ0) is 17.1. The Labute approximate surface area is 144 Å². The summed E-state index contributed by atoms with van der Waals surface area (Å²) >= 11 is 7.26. The van der Waals surface area contributed by atoms with Crippen LogP contribution in [-0.4, -0.2) is 17.7 Å². The van der Waals surface area contributed by atoms with Gasteiger partial charge in [0, 0.05) is 15.5 Å². The number of hydrogen-bond acceptors (Lipinski definition) is 4. The molecule has 122 valence electrons. The smallest absolute Gasteiger partial charge is 0.241 e. The molecule has 0 aliphatic rings. The van der Waals surface area contributed by atoms with Gasteiger partial charge in [-0.1, -0.05) is 18.5 Å². The second kappa shape index (κ2) is 7.25. The summed E-state index contributed by atoms with van der Waals surface area (Å²) in [6.45, 7) is 5.65. The number of anilines is 1. The lowest BCUT2D eigenvalue weighted by atomic mass is 10.0. The summed E-state index contributed by atoms with van der Waals surface area (Å²) in [6, 6.07) is 6.13. The van der Waals surface area contributed by atoms with Gasteiger partial charge in [-0.3, -0.25) is 9.59 Å². The topological polar surface area (TPSA) is 72.2 Å². The van der Waals surface area contributed by atoms with Crippen molar-refractivity contribution in [2.75, 3.05) is 5.32 Å². The zero-order valence-electron chi connectivity index (χ0n) is 13.3. The van der Waals surface area contributed by atoms with Gasteiger partial charge < -0.3 is 11.1 Å². The largest absolute Gasteiger partial charge is 0.320 e. The molecule has 2 aromatic rings. The number of thiophene rings is 1. The molecule has 0 bridgehead atoms. The summed E-state index contributed by atoms with van der Waals surface area (Å²) in [5, 5.41) is 3.91. The van der Waals surface area contributed by atoms with Crippen molar-refractivity contribution in [1.82, 2.24) is 0 Å². The maximum atomic E-state index is 12.8. The number of ketones is 1. The van der Waals surface area contributed by atoms with Crippen LogP contribution < -0.4 is 11.1 Å². The van der Waals surface area contributed by atoms with Crippen LogP contribution in [0.4, 0.5) is 5.00 Å². The van der Waals surface area contributed by atoms with E-state index < -0.39 is 6.04 Å². The van der Waals surface area contributed by atoms with Gasteiger partial charge in [-0.25, -0.2) is 0 Å². The van der Waals surface area contributed by atoms with Crippen molar-refractivity contribution in [3.63, 3.8) is 0 Å². The first-order valence-corrected chi connectivity index (χ1v) is 8.51. The average Bonchev–Trinajstić information content (AvgIpc) is 2.80. The predicted octanol–water partition coefficient (Wildman–Crippen LogP) is 3.93. The van der Waals surface area contributed by atoms with E-state index in [1.54, 1.807) is 24.3 Å². The molecule has 2 rings (SSSR count). The molecule has 0 unspecified atom stereocenters. The maximum absolute atomic E-state index is 12.8. The van der Waals surface area contributed by atoms with E-state index >= 15 is 0 Å². The first-order chi connectivity index (χ1) is 10.8. The van der Waals surface area contributed by atoms with Crippen LogP contribution in [0.1, 0.15) is 39.7 Å². The van der Waals surface area contributed by atoms with Crippen molar-refractivity contribution in [3.8, 4) is 0 Å². The molecule has 3 N–H and O–H groups in total. The van der Waals surface area contributed by atoms with Crippen LogP contribution in [0.25, 0.3) is 0 Å². The minimum absolute atomic E-state index is 0.135. The molecule has 1 aromatic carbocycles. The van der Waals surface area contributed by atoms with Gasteiger partial charge in [-0.05, 0) is 50.1 Å². The van der Waals surface area contributed by atoms with E-state index in [2.05, 4.69) is 5.32 Å². The minimum atomic E-state index is -0.587. The third-order valence-electron chi connectivity index (χ3n) is 3.73. The summed E-state index contributed by atoms with van der Waals surface area (Å²) in [6.07, 6.45) is 0.537. The Morgan fingerprint density at radius 1 is 1.26 bits per heavy atom. The number of nitrogens with one attached hydrogen (secondary N) is 1. The summed E-state index contributed by atoms with van der Waals surface area (Å²) in [5.74, 6) is -0.414. The second-order valence-electron chi connectivity index (χ2n) is 5.33. The van der Waals surface area contributed by atoms with Crippen molar-refractivity contribution in [2.24, 2.45) is 5.73 Å². The molecule has 0 saturated carbocycles. The molecule has 4 nitrogen and oxygen atoms in total. The molecule has 1 atom stereocenters. The van der Waals surface area contributed by atoms with E-state index in [9.17, 15) is 9.59 Å². The van der Waals surface area contributed by atoms with Gasteiger partial charge in [-0.15, -0.1) is 11.3 Å². The molecule has 0 spiro atoms. The zero-order valence-corrected chi connectivity index (χ0v) is 14.8. The summed E-state index contributed by atoms with van der Waals surface area (Å²) in [4.78, 5) is 25.9. The van der Waals surface area contributed by atoms with E-state index in [-0.39, 0.29) is 11.7 Å². The van der Waals surface area contributed by atoms with Crippen molar-refractivity contribution in [3.05, 3.63) is 50.9 Å². The highest BCUT2D eigenvalue weighted by molar-refractivity contribution is 7.16. The van der Waals surface area contributed by atoms with Crippen molar-refractivity contribution in [1.29, 1.82) is 0 Å². The SMILES string of the molecule is CC[C@H](N)C(=O)Nc1sc(C)c(C)c1C(=O)c1ccc(Cl)cc1. The fraction of sp³-hybridized carbons (Fsp3) is 0.294.